The second kappa shape index (κ2) is 9.40. The number of aliphatic hydroxyl groups is 1. The van der Waals surface area contributed by atoms with Crippen molar-refractivity contribution in [2.24, 2.45) is 16.6 Å². The largest absolute Gasteiger partial charge is 0.396 e. The normalized spacial score (nSPS) is 13.5. The standard InChI is InChI=1S/C17H29N3O/c1-4-6-14(9-10-21)12-19-17(18)20-16-8-5-7-15(11-16)13(2)3/h5,7-8,11,13-14,21H,4,6,9-10,12H2,1-3H3,(H3,18,19,20). The van der Waals surface area contributed by atoms with E-state index in [1.54, 1.807) is 0 Å². The molecular weight excluding hydrogens is 262 g/mol. The third kappa shape index (κ3) is 6.63. The van der Waals surface area contributed by atoms with E-state index in [0.717, 1.165) is 24.9 Å². The number of anilines is 1. The van der Waals surface area contributed by atoms with Crippen LogP contribution in [0.4, 0.5) is 5.69 Å². The fraction of sp³-hybridized carbons (Fsp3) is 0.588. The highest BCUT2D eigenvalue weighted by atomic mass is 16.3. The topological polar surface area (TPSA) is 70.6 Å². The Morgan fingerprint density at radius 3 is 2.71 bits per heavy atom. The van der Waals surface area contributed by atoms with Crippen LogP contribution < -0.4 is 11.1 Å². The van der Waals surface area contributed by atoms with Gasteiger partial charge in [-0.15, -0.1) is 0 Å². The third-order valence-corrected chi connectivity index (χ3v) is 3.58. The van der Waals surface area contributed by atoms with E-state index in [2.05, 4.69) is 43.2 Å². The molecule has 0 amide bonds. The molecule has 0 aliphatic heterocycles. The summed E-state index contributed by atoms with van der Waals surface area (Å²) < 4.78 is 0. The van der Waals surface area contributed by atoms with Crippen molar-refractivity contribution in [1.29, 1.82) is 0 Å². The highest BCUT2D eigenvalue weighted by Crippen LogP contribution is 2.18. The van der Waals surface area contributed by atoms with Crippen molar-refractivity contribution >= 4 is 11.6 Å². The first kappa shape index (κ1) is 17.5. The average Bonchev–Trinajstić information content (AvgIpc) is 2.45. The van der Waals surface area contributed by atoms with E-state index in [-0.39, 0.29) is 6.61 Å². The van der Waals surface area contributed by atoms with E-state index in [1.807, 2.05) is 12.1 Å². The Morgan fingerprint density at radius 1 is 1.33 bits per heavy atom. The van der Waals surface area contributed by atoms with Crippen LogP contribution in [0.3, 0.4) is 0 Å². The quantitative estimate of drug-likeness (QED) is 0.508. The van der Waals surface area contributed by atoms with Crippen LogP contribution in [0.2, 0.25) is 0 Å². The summed E-state index contributed by atoms with van der Waals surface area (Å²) in [6.45, 7) is 7.36. The van der Waals surface area contributed by atoms with Gasteiger partial charge in [0.25, 0.3) is 0 Å². The number of nitrogens with two attached hydrogens (primary N) is 1. The van der Waals surface area contributed by atoms with Crippen LogP contribution in [0.25, 0.3) is 0 Å². The van der Waals surface area contributed by atoms with Gasteiger partial charge in [0.15, 0.2) is 5.96 Å². The third-order valence-electron chi connectivity index (χ3n) is 3.58. The van der Waals surface area contributed by atoms with Crippen LogP contribution in [-0.4, -0.2) is 24.2 Å². The summed E-state index contributed by atoms with van der Waals surface area (Å²) >= 11 is 0. The lowest BCUT2D eigenvalue weighted by molar-refractivity contribution is 0.253. The molecule has 0 bridgehead atoms. The summed E-state index contributed by atoms with van der Waals surface area (Å²) in [6.07, 6.45) is 2.96. The van der Waals surface area contributed by atoms with Crippen molar-refractivity contribution in [2.45, 2.75) is 46.0 Å². The molecule has 0 heterocycles. The number of benzene rings is 1. The molecule has 4 N–H and O–H groups in total. The Labute approximate surface area is 128 Å². The van der Waals surface area contributed by atoms with Crippen LogP contribution in [0.15, 0.2) is 29.3 Å². The average molecular weight is 291 g/mol. The molecule has 0 saturated carbocycles. The van der Waals surface area contributed by atoms with Crippen molar-refractivity contribution < 1.29 is 5.11 Å². The van der Waals surface area contributed by atoms with Crippen molar-refractivity contribution in [3.63, 3.8) is 0 Å². The minimum atomic E-state index is 0.212. The van der Waals surface area contributed by atoms with E-state index in [4.69, 9.17) is 10.8 Å². The molecule has 1 rings (SSSR count). The number of aliphatic hydroxyl groups excluding tert-OH is 1. The van der Waals surface area contributed by atoms with E-state index < -0.39 is 0 Å². The number of aliphatic imine (C=N–C) groups is 1. The summed E-state index contributed by atoms with van der Waals surface area (Å²) in [5.74, 6) is 1.33. The Bertz CT molecular complexity index is 437. The highest BCUT2D eigenvalue weighted by molar-refractivity contribution is 5.92. The van der Waals surface area contributed by atoms with Gasteiger partial charge in [-0.25, -0.2) is 0 Å². The molecule has 118 valence electrons. The lowest BCUT2D eigenvalue weighted by Crippen LogP contribution is -2.24. The number of hydrogen-bond acceptors (Lipinski definition) is 2. The molecule has 21 heavy (non-hydrogen) atoms. The van der Waals surface area contributed by atoms with Crippen molar-refractivity contribution in [1.82, 2.24) is 0 Å². The maximum absolute atomic E-state index is 9.05. The molecule has 1 aromatic carbocycles. The molecule has 1 unspecified atom stereocenters. The highest BCUT2D eigenvalue weighted by Gasteiger charge is 2.07. The molecule has 0 fully saturated rings. The molecule has 4 nitrogen and oxygen atoms in total. The van der Waals surface area contributed by atoms with E-state index in [9.17, 15) is 0 Å². The van der Waals surface area contributed by atoms with Gasteiger partial charge >= 0.3 is 0 Å². The zero-order valence-corrected chi connectivity index (χ0v) is 13.5. The second-order valence-electron chi connectivity index (χ2n) is 5.80. The smallest absolute Gasteiger partial charge is 0.193 e. The first-order chi connectivity index (χ1) is 10.1. The summed E-state index contributed by atoms with van der Waals surface area (Å²) in [5, 5.41) is 12.2. The fourth-order valence-electron chi connectivity index (χ4n) is 2.31. The van der Waals surface area contributed by atoms with Gasteiger partial charge in [-0.2, -0.15) is 0 Å². The van der Waals surface area contributed by atoms with Crippen LogP contribution >= 0.6 is 0 Å². The Morgan fingerprint density at radius 2 is 2.10 bits per heavy atom. The van der Waals surface area contributed by atoms with E-state index in [0.29, 0.717) is 24.3 Å². The zero-order chi connectivity index (χ0) is 15.7. The molecule has 4 heteroatoms. The molecule has 0 saturated heterocycles. The number of hydrogen-bond donors (Lipinski definition) is 3. The van der Waals surface area contributed by atoms with Gasteiger partial charge in [0.2, 0.25) is 0 Å². The number of guanidine groups is 1. The molecule has 0 aromatic heterocycles. The van der Waals surface area contributed by atoms with Gasteiger partial charge in [-0.1, -0.05) is 39.3 Å². The number of nitrogens with zero attached hydrogens (tertiary/aromatic N) is 1. The predicted octanol–water partition coefficient (Wildman–Crippen LogP) is 3.34. The van der Waals surface area contributed by atoms with Crippen LogP contribution in [0.1, 0.15) is 51.5 Å². The van der Waals surface area contributed by atoms with Crippen LogP contribution in [0.5, 0.6) is 0 Å². The van der Waals surface area contributed by atoms with Gasteiger partial charge < -0.3 is 16.2 Å². The predicted molar refractivity (Wildman–Crippen MR) is 90.7 cm³/mol. The molecular formula is C17H29N3O. The summed E-state index contributed by atoms with van der Waals surface area (Å²) in [7, 11) is 0. The zero-order valence-electron chi connectivity index (χ0n) is 13.5. The maximum atomic E-state index is 9.05. The minimum absolute atomic E-state index is 0.212. The number of nitrogens with one attached hydrogen (secondary N) is 1. The second-order valence-corrected chi connectivity index (χ2v) is 5.80. The maximum Gasteiger partial charge on any atom is 0.193 e. The Hall–Kier alpha value is -1.55. The molecule has 1 aromatic rings. The van der Waals surface area contributed by atoms with Gasteiger partial charge in [-0.3, -0.25) is 4.99 Å². The van der Waals surface area contributed by atoms with Gasteiger partial charge in [-0.05, 0) is 42.4 Å². The Balaban J connectivity index is 2.60. The molecule has 0 aliphatic carbocycles. The number of rotatable bonds is 8. The molecule has 0 spiro atoms. The van der Waals surface area contributed by atoms with Crippen LogP contribution in [-0.2, 0) is 0 Å². The monoisotopic (exact) mass is 291 g/mol. The minimum Gasteiger partial charge on any atom is -0.396 e. The lowest BCUT2D eigenvalue weighted by Gasteiger charge is -2.13. The summed E-state index contributed by atoms with van der Waals surface area (Å²) in [4.78, 5) is 4.40. The van der Waals surface area contributed by atoms with Gasteiger partial charge in [0.1, 0.15) is 0 Å². The van der Waals surface area contributed by atoms with Crippen molar-refractivity contribution in [3.05, 3.63) is 29.8 Å². The summed E-state index contributed by atoms with van der Waals surface area (Å²) in [5.41, 5.74) is 8.19. The first-order valence-electron chi connectivity index (χ1n) is 7.84. The lowest BCUT2D eigenvalue weighted by atomic mass is 10.0. The van der Waals surface area contributed by atoms with Crippen molar-refractivity contribution in [2.75, 3.05) is 18.5 Å². The molecule has 0 aliphatic rings. The van der Waals surface area contributed by atoms with Crippen LogP contribution in [0, 0.1) is 5.92 Å². The van der Waals surface area contributed by atoms with Crippen molar-refractivity contribution in [3.8, 4) is 0 Å². The van der Waals surface area contributed by atoms with E-state index in [1.165, 1.54) is 5.56 Å². The van der Waals surface area contributed by atoms with Gasteiger partial charge in [0, 0.05) is 18.8 Å². The van der Waals surface area contributed by atoms with E-state index >= 15 is 0 Å². The Kier molecular flexibility index (Phi) is 7.83. The molecule has 0 radical (unpaired) electrons. The fourth-order valence-corrected chi connectivity index (χ4v) is 2.31. The van der Waals surface area contributed by atoms with Gasteiger partial charge in [0.05, 0.1) is 0 Å². The molecule has 1 atom stereocenters. The first-order valence-corrected chi connectivity index (χ1v) is 7.84. The SMILES string of the molecule is CCCC(CCO)CN=C(N)Nc1cccc(C(C)C)c1. The summed E-state index contributed by atoms with van der Waals surface area (Å²) in [6, 6.07) is 8.23.